The first-order chi connectivity index (χ1) is 19.3. The molecule has 0 bridgehead atoms. The molecule has 0 fully saturated rings. The molecule has 0 atom stereocenters. The number of nitrogens with zero attached hydrogens (tertiary/aromatic N) is 1. The molecule has 0 amide bonds. The minimum absolute atomic E-state index is 0.915. The molecule has 0 N–H and O–H groups in total. The van der Waals surface area contributed by atoms with Crippen molar-refractivity contribution < 1.29 is 4.42 Å². The van der Waals surface area contributed by atoms with E-state index in [1.807, 2.05) is 23.5 Å². The molecular formula is C36H23NOS. The largest absolute Gasteiger partial charge is 0.456 e. The van der Waals surface area contributed by atoms with E-state index in [9.17, 15) is 0 Å². The molecule has 2 nitrogen and oxygen atoms in total. The van der Waals surface area contributed by atoms with E-state index >= 15 is 0 Å². The number of rotatable bonds is 4. The van der Waals surface area contributed by atoms with Gasteiger partial charge < -0.3 is 9.32 Å². The molecule has 8 aromatic rings. The predicted molar refractivity (Wildman–Crippen MR) is 167 cm³/mol. The molecule has 39 heavy (non-hydrogen) atoms. The van der Waals surface area contributed by atoms with Crippen LogP contribution in [0.2, 0.25) is 0 Å². The summed E-state index contributed by atoms with van der Waals surface area (Å²) in [6, 6.07) is 49.6. The molecule has 8 rings (SSSR count). The lowest BCUT2D eigenvalue weighted by molar-refractivity contribution is 0.669. The summed E-state index contributed by atoms with van der Waals surface area (Å²) in [4.78, 5) is 2.35. The summed E-state index contributed by atoms with van der Waals surface area (Å²) in [5.74, 6) is 0. The second-order valence-corrected chi connectivity index (χ2v) is 10.9. The Morgan fingerprint density at radius 3 is 2.03 bits per heavy atom. The number of para-hydroxylation sites is 2. The van der Waals surface area contributed by atoms with Crippen molar-refractivity contribution in [2.45, 2.75) is 0 Å². The second kappa shape index (κ2) is 8.87. The number of anilines is 3. The zero-order valence-electron chi connectivity index (χ0n) is 21.0. The third-order valence-corrected chi connectivity index (χ3v) is 8.58. The highest BCUT2D eigenvalue weighted by atomic mass is 32.1. The topological polar surface area (TPSA) is 16.4 Å². The second-order valence-electron chi connectivity index (χ2n) is 9.81. The van der Waals surface area contributed by atoms with Crippen molar-refractivity contribution in [3.63, 3.8) is 0 Å². The Morgan fingerprint density at radius 1 is 0.410 bits per heavy atom. The van der Waals surface area contributed by atoms with Gasteiger partial charge in [0, 0.05) is 48.0 Å². The third-order valence-electron chi connectivity index (χ3n) is 7.45. The van der Waals surface area contributed by atoms with Gasteiger partial charge in [0.1, 0.15) is 11.2 Å². The van der Waals surface area contributed by atoms with Crippen LogP contribution < -0.4 is 4.90 Å². The first-order valence-electron chi connectivity index (χ1n) is 13.1. The van der Waals surface area contributed by atoms with Crippen molar-refractivity contribution >= 4 is 70.5 Å². The Morgan fingerprint density at radius 2 is 1.10 bits per heavy atom. The zero-order valence-corrected chi connectivity index (χ0v) is 21.9. The van der Waals surface area contributed by atoms with Crippen molar-refractivity contribution in [3.05, 3.63) is 140 Å². The van der Waals surface area contributed by atoms with Crippen LogP contribution in [0.5, 0.6) is 0 Å². The number of benzene rings is 6. The van der Waals surface area contributed by atoms with Crippen molar-refractivity contribution in [1.82, 2.24) is 0 Å². The van der Waals surface area contributed by atoms with Gasteiger partial charge in [0.2, 0.25) is 0 Å². The van der Waals surface area contributed by atoms with Gasteiger partial charge in [0.25, 0.3) is 0 Å². The number of hydrogen-bond donors (Lipinski definition) is 0. The van der Waals surface area contributed by atoms with E-state index in [1.165, 1.54) is 31.3 Å². The number of furan rings is 1. The Hall–Kier alpha value is -4.86. The zero-order chi connectivity index (χ0) is 25.8. The highest BCUT2D eigenvalue weighted by Crippen LogP contribution is 2.41. The molecule has 184 valence electrons. The van der Waals surface area contributed by atoms with Gasteiger partial charge in [-0.05, 0) is 71.8 Å². The highest BCUT2D eigenvalue weighted by molar-refractivity contribution is 7.25. The average Bonchev–Trinajstić information content (AvgIpc) is 3.55. The van der Waals surface area contributed by atoms with E-state index < -0.39 is 0 Å². The fourth-order valence-corrected chi connectivity index (χ4v) is 6.75. The van der Waals surface area contributed by atoms with Crippen LogP contribution in [0.25, 0.3) is 53.2 Å². The van der Waals surface area contributed by atoms with Crippen LogP contribution >= 0.6 is 11.3 Å². The molecule has 0 saturated carbocycles. The summed E-state index contributed by atoms with van der Waals surface area (Å²) >= 11 is 1.85. The van der Waals surface area contributed by atoms with Crippen LogP contribution in [-0.2, 0) is 0 Å². The number of thiophene rings is 1. The maximum Gasteiger partial charge on any atom is 0.135 e. The minimum atomic E-state index is 0.915. The molecule has 0 unspecified atom stereocenters. The van der Waals surface area contributed by atoms with Crippen molar-refractivity contribution in [3.8, 4) is 11.1 Å². The van der Waals surface area contributed by atoms with Crippen molar-refractivity contribution in [1.29, 1.82) is 0 Å². The van der Waals surface area contributed by atoms with Gasteiger partial charge in [0.05, 0.1) is 0 Å². The molecule has 0 aliphatic rings. The summed E-state index contributed by atoms with van der Waals surface area (Å²) in [5.41, 5.74) is 7.58. The van der Waals surface area contributed by atoms with Gasteiger partial charge in [-0.15, -0.1) is 11.3 Å². The lowest BCUT2D eigenvalue weighted by atomic mass is 10.0. The van der Waals surface area contributed by atoms with Crippen molar-refractivity contribution in [2.75, 3.05) is 4.90 Å². The lowest BCUT2D eigenvalue weighted by Gasteiger charge is -2.26. The Kier molecular flexibility index (Phi) is 5.04. The van der Waals surface area contributed by atoms with E-state index in [2.05, 4.69) is 132 Å². The molecule has 0 radical (unpaired) electrons. The molecular weight excluding hydrogens is 494 g/mol. The van der Waals surface area contributed by atoms with Crippen molar-refractivity contribution in [2.24, 2.45) is 0 Å². The normalized spacial score (nSPS) is 11.6. The number of fused-ring (bicyclic) bond motifs is 6. The van der Waals surface area contributed by atoms with Gasteiger partial charge in [-0.1, -0.05) is 78.9 Å². The maximum absolute atomic E-state index is 6.07. The van der Waals surface area contributed by atoms with Crippen LogP contribution in [0.4, 0.5) is 17.1 Å². The maximum atomic E-state index is 6.07. The van der Waals surface area contributed by atoms with Crippen LogP contribution in [0.1, 0.15) is 0 Å². The summed E-state index contributed by atoms with van der Waals surface area (Å²) in [6.07, 6.45) is 0. The Balaban J connectivity index is 1.28. The fraction of sp³-hybridized carbons (Fsp3) is 0. The lowest BCUT2D eigenvalue weighted by Crippen LogP contribution is -2.09. The summed E-state index contributed by atoms with van der Waals surface area (Å²) < 4.78 is 8.68. The molecule has 2 heterocycles. The van der Waals surface area contributed by atoms with Gasteiger partial charge in [-0.3, -0.25) is 0 Å². The van der Waals surface area contributed by atoms with Gasteiger partial charge in [-0.25, -0.2) is 0 Å². The molecule has 0 saturated heterocycles. The van der Waals surface area contributed by atoms with E-state index in [0.717, 1.165) is 39.0 Å². The first-order valence-corrected chi connectivity index (χ1v) is 13.9. The summed E-state index contributed by atoms with van der Waals surface area (Å²) in [7, 11) is 0. The van der Waals surface area contributed by atoms with Crippen LogP contribution in [-0.4, -0.2) is 0 Å². The predicted octanol–water partition coefficient (Wildman–Crippen LogP) is 11.1. The Bertz CT molecular complexity index is 2140. The minimum Gasteiger partial charge on any atom is -0.456 e. The van der Waals surface area contributed by atoms with E-state index in [0.29, 0.717) is 0 Å². The Labute approximate surface area is 230 Å². The van der Waals surface area contributed by atoms with Crippen LogP contribution in [0, 0.1) is 0 Å². The van der Waals surface area contributed by atoms with Gasteiger partial charge >= 0.3 is 0 Å². The third kappa shape index (κ3) is 3.70. The van der Waals surface area contributed by atoms with Gasteiger partial charge in [-0.2, -0.15) is 0 Å². The molecule has 0 aliphatic heterocycles. The standard InChI is InChI=1S/C36H23NOS/c1-2-10-26(11-3-1)37(28-18-19-31-30-14-5-7-16-35(30)39-36(31)23-28)27-12-8-9-24(21-27)25-17-20-34-32(22-25)29-13-4-6-15-33(29)38-34/h1-23H. The fourth-order valence-electron chi connectivity index (χ4n) is 5.61. The van der Waals surface area contributed by atoms with Gasteiger partial charge in [0.15, 0.2) is 0 Å². The SMILES string of the molecule is c1ccc(N(c2cccc(-c3ccc4oc5ccccc5c4c3)c2)c2ccc3c(c2)sc2ccccc23)cc1. The smallest absolute Gasteiger partial charge is 0.135 e. The molecule has 0 spiro atoms. The number of hydrogen-bond acceptors (Lipinski definition) is 3. The summed E-state index contributed by atoms with van der Waals surface area (Å²) in [6.45, 7) is 0. The molecule has 2 aromatic heterocycles. The average molecular weight is 518 g/mol. The van der Waals surface area contributed by atoms with E-state index in [-0.39, 0.29) is 0 Å². The van der Waals surface area contributed by atoms with E-state index in [1.54, 1.807) is 0 Å². The molecule has 0 aliphatic carbocycles. The van der Waals surface area contributed by atoms with Crippen LogP contribution in [0.15, 0.2) is 144 Å². The summed E-state index contributed by atoms with van der Waals surface area (Å²) in [5, 5.41) is 4.91. The van der Waals surface area contributed by atoms with E-state index in [4.69, 9.17) is 4.42 Å². The molecule has 3 heteroatoms. The first kappa shape index (κ1) is 22.2. The highest BCUT2D eigenvalue weighted by Gasteiger charge is 2.16. The van der Waals surface area contributed by atoms with Crippen LogP contribution in [0.3, 0.4) is 0 Å². The monoisotopic (exact) mass is 517 g/mol. The quantitative estimate of drug-likeness (QED) is 0.231. The molecule has 6 aromatic carbocycles.